The molecule has 1 amide bonds. The van der Waals surface area contributed by atoms with Gasteiger partial charge in [0.25, 0.3) is 11.5 Å². The molecule has 0 aliphatic carbocycles. The Labute approximate surface area is 166 Å². The van der Waals surface area contributed by atoms with Crippen LogP contribution in [0, 0.1) is 23.3 Å². The number of nitrogens with one attached hydrogen (secondary N) is 2. The average molecular weight is 418 g/mol. The van der Waals surface area contributed by atoms with Crippen LogP contribution in [0.25, 0.3) is 21.8 Å². The molecular formula is C20H14F4N4O2. The number of carbonyl (C=O) groups is 1. The molecule has 1 atom stereocenters. The first kappa shape index (κ1) is 19.6. The van der Waals surface area contributed by atoms with Crippen LogP contribution in [0.1, 0.15) is 29.1 Å². The monoisotopic (exact) mass is 418 g/mol. The van der Waals surface area contributed by atoms with E-state index in [1.54, 1.807) is 6.92 Å². The van der Waals surface area contributed by atoms with E-state index in [2.05, 4.69) is 15.0 Å². The molecule has 4 aromatic rings. The zero-order chi connectivity index (χ0) is 21.7. The molecule has 0 radical (unpaired) electrons. The lowest BCUT2D eigenvalue weighted by atomic mass is 10.0. The van der Waals surface area contributed by atoms with Gasteiger partial charge in [-0.2, -0.15) is 0 Å². The number of hydrogen-bond acceptors (Lipinski definition) is 3. The normalized spacial score (nSPS) is 12.5. The Morgan fingerprint density at radius 2 is 1.60 bits per heavy atom. The van der Waals surface area contributed by atoms with Gasteiger partial charge in [0, 0.05) is 25.4 Å². The number of pyridine rings is 1. The van der Waals surface area contributed by atoms with Crippen LogP contribution in [0.3, 0.4) is 0 Å². The molecular weight excluding hydrogens is 404 g/mol. The van der Waals surface area contributed by atoms with Gasteiger partial charge in [0.05, 0.1) is 22.5 Å². The van der Waals surface area contributed by atoms with Gasteiger partial charge in [0.1, 0.15) is 0 Å². The highest BCUT2D eigenvalue weighted by Crippen LogP contribution is 2.28. The van der Waals surface area contributed by atoms with Gasteiger partial charge >= 0.3 is 0 Å². The van der Waals surface area contributed by atoms with Gasteiger partial charge in [0.15, 0.2) is 29.1 Å². The smallest absolute Gasteiger partial charge is 0.289 e. The third-order valence-electron chi connectivity index (χ3n) is 5.05. The fraction of sp³-hybridized carbons (Fsp3) is 0.150. The Bertz CT molecular complexity index is 1340. The summed E-state index contributed by atoms with van der Waals surface area (Å²) in [5.74, 6) is -5.23. The molecule has 2 heterocycles. The highest BCUT2D eigenvalue weighted by atomic mass is 19.2. The number of aromatic amines is 2. The Hall–Kier alpha value is -3.69. The Morgan fingerprint density at radius 1 is 1.00 bits per heavy atom. The summed E-state index contributed by atoms with van der Waals surface area (Å²) >= 11 is 0. The number of carbonyl (C=O) groups excluding carboxylic acids is 1. The maximum Gasteiger partial charge on any atom is 0.289 e. The summed E-state index contributed by atoms with van der Waals surface area (Å²) in [4.78, 5) is 35.2. The molecule has 2 N–H and O–H groups in total. The zero-order valence-corrected chi connectivity index (χ0v) is 15.7. The van der Waals surface area contributed by atoms with Crippen molar-refractivity contribution in [3.63, 3.8) is 0 Å². The highest BCUT2D eigenvalue weighted by molar-refractivity contribution is 5.95. The molecule has 0 saturated heterocycles. The zero-order valence-electron chi connectivity index (χ0n) is 15.7. The molecule has 154 valence electrons. The third kappa shape index (κ3) is 3.10. The lowest BCUT2D eigenvalue weighted by Gasteiger charge is -2.25. The van der Waals surface area contributed by atoms with Crippen molar-refractivity contribution in [2.75, 3.05) is 7.05 Å². The SMILES string of the molecule is C[C@H](c1c[nH]c(=O)c2cc(F)c(F)cc12)N(C)C(=O)c1nc2cc(F)c(F)cc2[nH]1. The number of H-pyrrole nitrogens is 2. The largest absolute Gasteiger partial charge is 0.334 e. The predicted molar refractivity (Wildman–Crippen MR) is 101 cm³/mol. The molecule has 2 aromatic carbocycles. The van der Waals surface area contributed by atoms with Crippen molar-refractivity contribution in [2.45, 2.75) is 13.0 Å². The standard InChI is InChI=1S/C20H14F4N4O2/c1-8(11-7-25-19(29)10-4-13(22)12(21)3-9(10)11)28(2)20(30)18-26-16-5-14(23)15(24)6-17(16)27-18/h3-8H,1-2H3,(H,25,29)(H,26,27)/t8-/m1/s1. The van der Waals surface area contributed by atoms with Gasteiger partial charge in [-0.25, -0.2) is 22.5 Å². The van der Waals surface area contributed by atoms with E-state index >= 15 is 0 Å². The van der Waals surface area contributed by atoms with Gasteiger partial charge in [-0.05, 0) is 30.0 Å². The van der Waals surface area contributed by atoms with E-state index in [0.29, 0.717) is 5.56 Å². The molecule has 0 aliphatic heterocycles. The van der Waals surface area contributed by atoms with E-state index in [1.807, 2.05) is 0 Å². The summed E-state index contributed by atoms with van der Waals surface area (Å²) in [5, 5.41) is 0.0901. The van der Waals surface area contributed by atoms with Crippen LogP contribution in [0.4, 0.5) is 17.6 Å². The van der Waals surface area contributed by atoms with E-state index in [4.69, 9.17) is 0 Å². The van der Waals surface area contributed by atoms with Crippen LogP contribution in [-0.2, 0) is 0 Å². The number of hydrogen-bond donors (Lipinski definition) is 2. The lowest BCUT2D eigenvalue weighted by molar-refractivity contribution is 0.0732. The summed E-state index contributed by atoms with van der Waals surface area (Å²) in [6.07, 6.45) is 1.32. The number of rotatable bonds is 3. The van der Waals surface area contributed by atoms with Crippen LogP contribution >= 0.6 is 0 Å². The van der Waals surface area contributed by atoms with Crippen LogP contribution in [0.5, 0.6) is 0 Å². The first-order valence-corrected chi connectivity index (χ1v) is 8.79. The van der Waals surface area contributed by atoms with Crippen molar-refractivity contribution in [2.24, 2.45) is 0 Å². The summed E-state index contributed by atoms with van der Waals surface area (Å²) in [5.41, 5.74) is -0.0154. The van der Waals surface area contributed by atoms with Gasteiger partial charge in [-0.15, -0.1) is 0 Å². The molecule has 0 unspecified atom stereocenters. The minimum Gasteiger partial charge on any atom is -0.334 e. The first-order valence-electron chi connectivity index (χ1n) is 8.79. The fourth-order valence-electron chi connectivity index (χ4n) is 3.28. The van der Waals surface area contributed by atoms with Gasteiger partial charge in [-0.3, -0.25) is 9.59 Å². The Morgan fingerprint density at radius 3 is 2.30 bits per heavy atom. The topological polar surface area (TPSA) is 81.8 Å². The minimum absolute atomic E-state index is 0.0613. The molecule has 0 fully saturated rings. The maximum absolute atomic E-state index is 13.8. The van der Waals surface area contributed by atoms with Crippen LogP contribution in [-0.4, -0.2) is 32.8 Å². The van der Waals surface area contributed by atoms with Crippen molar-refractivity contribution in [1.29, 1.82) is 0 Å². The quantitative estimate of drug-likeness (QED) is 0.497. The number of fused-ring (bicyclic) bond motifs is 2. The van der Waals surface area contributed by atoms with Gasteiger partial charge < -0.3 is 14.9 Å². The molecule has 0 spiro atoms. The number of imidazole rings is 1. The lowest BCUT2D eigenvalue weighted by Crippen LogP contribution is -2.31. The maximum atomic E-state index is 13.8. The number of aromatic nitrogens is 3. The minimum atomic E-state index is -1.16. The number of amides is 1. The van der Waals surface area contributed by atoms with E-state index in [-0.39, 0.29) is 27.6 Å². The summed E-state index contributed by atoms with van der Waals surface area (Å²) < 4.78 is 54.2. The third-order valence-corrected chi connectivity index (χ3v) is 5.05. The van der Waals surface area contributed by atoms with E-state index in [0.717, 1.165) is 24.3 Å². The van der Waals surface area contributed by atoms with Gasteiger partial charge in [-0.1, -0.05) is 0 Å². The predicted octanol–water partition coefficient (Wildman–Crippen LogP) is 3.79. The molecule has 6 nitrogen and oxygen atoms in total. The van der Waals surface area contributed by atoms with E-state index in [9.17, 15) is 27.2 Å². The van der Waals surface area contributed by atoms with Crippen LogP contribution < -0.4 is 5.56 Å². The highest BCUT2D eigenvalue weighted by Gasteiger charge is 2.24. The molecule has 0 bridgehead atoms. The molecule has 30 heavy (non-hydrogen) atoms. The van der Waals surface area contributed by atoms with Crippen molar-refractivity contribution >= 4 is 27.7 Å². The Balaban J connectivity index is 1.74. The number of nitrogens with zero attached hydrogens (tertiary/aromatic N) is 2. The molecule has 0 saturated carbocycles. The molecule has 0 aliphatic rings. The first-order chi connectivity index (χ1) is 14.2. The van der Waals surface area contributed by atoms with Crippen LogP contribution in [0.2, 0.25) is 0 Å². The van der Waals surface area contributed by atoms with Crippen molar-refractivity contribution < 1.29 is 22.4 Å². The Kier molecular flexibility index (Phi) is 4.56. The van der Waals surface area contributed by atoms with Crippen molar-refractivity contribution in [1.82, 2.24) is 19.9 Å². The van der Waals surface area contributed by atoms with E-state index < -0.39 is 40.8 Å². The number of halogens is 4. The van der Waals surface area contributed by atoms with Crippen molar-refractivity contribution in [3.8, 4) is 0 Å². The van der Waals surface area contributed by atoms with Crippen molar-refractivity contribution in [3.05, 3.63) is 75.5 Å². The van der Waals surface area contributed by atoms with Gasteiger partial charge in [0.2, 0.25) is 0 Å². The summed E-state index contributed by atoms with van der Waals surface area (Å²) in [6.45, 7) is 1.62. The van der Waals surface area contributed by atoms with Crippen LogP contribution in [0.15, 0.2) is 35.3 Å². The fourth-order valence-corrected chi connectivity index (χ4v) is 3.28. The average Bonchev–Trinajstić information content (AvgIpc) is 3.11. The van der Waals surface area contributed by atoms with E-state index in [1.165, 1.54) is 18.1 Å². The second-order valence-electron chi connectivity index (χ2n) is 6.85. The second kappa shape index (κ2) is 6.97. The second-order valence-corrected chi connectivity index (χ2v) is 6.85. The number of benzene rings is 2. The summed E-state index contributed by atoms with van der Waals surface area (Å²) in [6, 6.07) is 2.77. The molecule has 10 heteroatoms. The molecule has 4 rings (SSSR count). The summed E-state index contributed by atoms with van der Waals surface area (Å²) in [7, 11) is 1.44. The molecule has 2 aromatic heterocycles.